The van der Waals surface area contributed by atoms with Crippen LogP contribution in [-0.4, -0.2) is 37.1 Å². The summed E-state index contributed by atoms with van der Waals surface area (Å²) in [5.74, 6) is -0.454. The van der Waals surface area contributed by atoms with Gasteiger partial charge in [0.15, 0.2) is 0 Å². The minimum Gasteiger partial charge on any atom is -0.465 e. The van der Waals surface area contributed by atoms with Crippen molar-refractivity contribution in [2.45, 2.75) is 19.9 Å². The van der Waals surface area contributed by atoms with Crippen LogP contribution < -0.4 is 5.32 Å². The molecule has 0 aliphatic rings. The van der Waals surface area contributed by atoms with Crippen LogP contribution in [0.4, 0.5) is 4.79 Å². The highest BCUT2D eigenvalue weighted by atomic mass is 35.5. The lowest BCUT2D eigenvalue weighted by atomic mass is 10.1. The number of nitrogens with one attached hydrogen (secondary N) is 1. The lowest BCUT2D eigenvalue weighted by Crippen LogP contribution is -2.41. The number of hydrogen-bond acceptors (Lipinski definition) is 3. The van der Waals surface area contributed by atoms with E-state index in [1.807, 2.05) is 19.1 Å². The van der Waals surface area contributed by atoms with Crippen LogP contribution in [0.1, 0.15) is 25.5 Å². The molecule has 1 N–H and O–H groups in total. The van der Waals surface area contributed by atoms with Crippen LogP contribution in [0.2, 0.25) is 5.02 Å². The smallest absolute Gasteiger partial charge is 0.325 e. The second-order valence-electron chi connectivity index (χ2n) is 4.31. The maximum absolute atomic E-state index is 11.9. The van der Waals surface area contributed by atoms with Gasteiger partial charge >= 0.3 is 12.0 Å². The van der Waals surface area contributed by atoms with Gasteiger partial charge in [0.2, 0.25) is 0 Å². The molecule has 5 nitrogen and oxygen atoms in total. The predicted molar refractivity (Wildman–Crippen MR) is 77.7 cm³/mol. The molecule has 1 unspecified atom stereocenters. The summed E-state index contributed by atoms with van der Waals surface area (Å²) in [6, 6.07) is 6.81. The molecule has 0 aliphatic heterocycles. The Morgan fingerprint density at radius 2 is 2.15 bits per heavy atom. The van der Waals surface area contributed by atoms with Crippen molar-refractivity contribution in [3.8, 4) is 0 Å². The zero-order chi connectivity index (χ0) is 15.1. The van der Waals surface area contributed by atoms with Gasteiger partial charge in [-0.2, -0.15) is 0 Å². The van der Waals surface area contributed by atoms with Gasteiger partial charge in [-0.15, -0.1) is 0 Å². The molecule has 0 spiro atoms. The average Bonchev–Trinajstić information content (AvgIpc) is 2.43. The normalized spacial score (nSPS) is 11.6. The molecule has 6 heteroatoms. The molecule has 1 rings (SSSR count). The fourth-order valence-electron chi connectivity index (χ4n) is 1.65. The van der Waals surface area contributed by atoms with E-state index >= 15 is 0 Å². The summed E-state index contributed by atoms with van der Waals surface area (Å²) in [6.07, 6.45) is 0. The Balaban J connectivity index is 2.58. The summed E-state index contributed by atoms with van der Waals surface area (Å²) < 4.78 is 4.74. The standard InChI is InChI=1S/C14H19ClN2O3/c1-4-20-13(18)9-16-14(19)17(3)10(2)11-6-5-7-12(15)8-11/h5-8,10H,4,9H2,1-3H3,(H,16,19). The van der Waals surface area contributed by atoms with Crippen molar-refractivity contribution in [1.82, 2.24) is 10.2 Å². The van der Waals surface area contributed by atoms with Crippen LogP contribution in [-0.2, 0) is 9.53 Å². The van der Waals surface area contributed by atoms with Gasteiger partial charge in [0.1, 0.15) is 6.54 Å². The van der Waals surface area contributed by atoms with Crippen LogP contribution in [0.15, 0.2) is 24.3 Å². The molecule has 0 fully saturated rings. The molecule has 1 aromatic carbocycles. The molecule has 0 saturated heterocycles. The van der Waals surface area contributed by atoms with Gasteiger partial charge in [-0.1, -0.05) is 23.7 Å². The van der Waals surface area contributed by atoms with E-state index in [4.69, 9.17) is 16.3 Å². The summed E-state index contributed by atoms with van der Waals surface area (Å²) in [7, 11) is 1.66. The first-order valence-corrected chi connectivity index (χ1v) is 6.75. The van der Waals surface area contributed by atoms with E-state index in [2.05, 4.69) is 5.32 Å². The molecule has 0 saturated carbocycles. The minimum atomic E-state index is -0.454. The summed E-state index contributed by atoms with van der Waals surface area (Å²) in [5, 5.41) is 3.13. The molecule has 1 atom stereocenters. The molecule has 0 aliphatic carbocycles. The number of urea groups is 1. The SMILES string of the molecule is CCOC(=O)CNC(=O)N(C)C(C)c1cccc(Cl)c1. The largest absolute Gasteiger partial charge is 0.465 e. The van der Waals surface area contributed by atoms with Crippen molar-refractivity contribution in [3.63, 3.8) is 0 Å². The minimum absolute atomic E-state index is 0.140. The lowest BCUT2D eigenvalue weighted by Gasteiger charge is -2.25. The van der Waals surface area contributed by atoms with E-state index in [1.165, 1.54) is 4.90 Å². The molecular formula is C14H19ClN2O3. The van der Waals surface area contributed by atoms with Crippen molar-refractivity contribution in [2.75, 3.05) is 20.2 Å². The summed E-state index contributed by atoms with van der Waals surface area (Å²) in [6.45, 7) is 3.76. The molecule has 0 bridgehead atoms. The number of nitrogens with zero attached hydrogens (tertiary/aromatic N) is 1. The number of benzene rings is 1. The molecule has 2 amide bonds. The summed E-state index contributed by atoms with van der Waals surface area (Å²) >= 11 is 5.93. The van der Waals surface area contributed by atoms with Crippen molar-refractivity contribution in [1.29, 1.82) is 0 Å². The number of ether oxygens (including phenoxy) is 1. The first kappa shape index (κ1) is 16.3. The quantitative estimate of drug-likeness (QED) is 0.850. The maximum Gasteiger partial charge on any atom is 0.325 e. The topological polar surface area (TPSA) is 58.6 Å². The number of rotatable bonds is 5. The van der Waals surface area contributed by atoms with Crippen molar-refractivity contribution >= 4 is 23.6 Å². The molecule has 0 aromatic heterocycles. The van der Waals surface area contributed by atoms with E-state index in [0.29, 0.717) is 11.6 Å². The van der Waals surface area contributed by atoms with Gasteiger partial charge in [-0.3, -0.25) is 4.79 Å². The van der Waals surface area contributed by atoms with Gasteiger partial charge in [-0.05, 0) is 31.5 Å². The van der Waals surface area contributed by atoms with Crippen LogP contribution in [0.5, 0.6) is 0 Å². The number of carbonyl (C=O) groups is 2. The Labute approximate surface area is 123 Å². The number of hydrogen-bond donors (Lipinski definition) is 1. The van der Waals surface area contributed by atoms with Crippen LogP contribution in [0, 0.1) is 0 Å². The zero-order valence-electron chi connectivity index (χ0n) is 11.9. The number of carbonyl (C=O) groups excluding carboxylic acids is 2. The Bertz CT molecular complexity index is 479. The fraction of sp³-hybridized carbons (Fsp3) is 0.429. The first-order valence-electron chi connectivity index (χ1n) is 6.37. The van der Waals surface area contributed by atoms with E-state index in [0.717, 1.165) is 5.56 Å². The fourth-order valence-corrected chi connectivity index (χ4v) is 1.85. The number of halogens is 1. The molecule has 0 radical (unpaired) electrons. The molecule has 20 heavy (non-hydrogen) atoms. The molecule has 1 aromatic rings. The summed E-state index contributed by atoms with van der Waals surface area (Å²) in [5.41, 5.74) is 0.922. The van der Waals surface area contributed by atoms with Crippen LogP contribution >= 0.6 is 11.6 Å². The Kier molecular flexibility index (Phi) is 6.31. The van der Waals surface area contributed by atoms with E-state index in [9.17, 15) is 9.59 Å². The average molecular weight is 299 g/mol. The number of esters is 1. The molecular weight excluding hydrogens is 280 g/mol. The maximum atomic E-state index is 11.9. The van der Waals surface area contributed by atoms with Crippen molar-refractivity contribution in [2.24, 2.45) is 0 Å². The lowest BCUT2D eigenvalue weighted by molar-refractivity contribution is -0.141. The van der Waals surface area contributed by atoms with Crippen molar-refractivity contribution in [3.05, 3.63) is 34.9 Å². The highest BCUT2D eigenvalue weighted by molar-refractivity contribution is 6.30. The predicted octanol–water partition coefficient (Wildman–Crippen LogP) is 2.61. The Morgan fingerprint density at radius 1 is 1.45 bits per heavy atom. The van der Waals surface area contributed by atoms with E-state index in [-0.39, 0.29) is 18.6 Å². The number of amides is 2. The first-order chi connectivity index (χ1) is 9.45. The van der Waals surface area contributed by atoms with Gasteiger partial charge in [0.25, 0.3) is 0 Å². The van der Waals surface area contributed by atoms with E-state index < -0.39 is 5.97 Å². The van der Waals surface area contributed by atoms with Gasteiger partial charge in [0.05, 0.1) is 12.6 Å². The van der Waals surface area contributed by atoms with Gasteiger partial charge in [0, 0.05) is 12.1 Å². The third-order valence-electron chi connectivity index (χ3n) is 2.92. The second kappa shape index (κ2) is 7.75. The second-order valence-corrected chi connectivity index (χ2v) is 4.74. The third kappa shape index (κ3) is 4.74. The van der Waals surface area contributed by atoms with Crippen molar-refractivity contribution < 1.29 is 14.3 Å². The Hall–Kier alpha value is -1.75. The molecule has 110 valence electrons. The molecule has 0 heterocycles. The highest BCUT2D eigenvalue weighted by Crippen LogP contribution is 2.21. The highest BCUT2D eigenvalue weighted by Gasteiger charge is 2.18. The van der Waals surface area contributed by atoms with Crippen LogP contribution in [0.3, 0.4) is 0 Å². The van der Waals surface area contributed by atoms with Gasteiger partial charge in [-0.25, -0.2) is 4.79 Å². The van der Waals surface area contributed by atoms with Gasteiger partial charge < -0.3 is 15.0 Å². The summed E-state index contributed by atoms with van der Waals surface area (Å²) in [4.78, 5) is 24.6. The monoisotopic (exact) mass is 298 g/mol. The third-order valence-corrected chi connectivity index (χ3v) is 3.16. The Morgan fingerprint density at radius 3 is 2.75 bits per heavy atom. The van der Waals surface area contributed by atoms with Crippen LogP contribution in [0.25, 0.3) is 0 Å². The zero-order valence-corrected chi connectivity index (χ0v) is 12.6. The van der Waals surface area contributed by atoms with E-state index in [1.54, 1.807) is 26.1 Å².